The number of hydrogen-bond donors (Lipinski definition) is 2. The Bertz CT molecular complexity index is 641. The lowest BCUT2D eigenvalue weighted by atomic mass is 10.1. The lowest BCUT2D eigenvalue weighted by molar-refractivity contribution is 0.102. The van der Waals surface area contributed by atoms with Gasteiger partial charge in [0.15, 0.2) is 0 Å². The Morgan fingerprint density at radius 1 is 1.16 bits per heavy atom. The van der Waals surface area contributed by atoms with Crippen LogP contribution in [0.25, 0.3) is 0 Å². The van der Waals surface area contributed by atoms with E-state index in [1.165, 1.54) is 13.0 Å². The van der Waals surface area contributed by atoms with Gasteiger partial charge in [0.1, 0.15) is 11.6 Å². The molecule has 0 aromatic heterocycles. The average Bonchev–Trinajstić information content (AvgIpc) is 2.33. The van der Waals surface area contributed by atoms with E-state index in [4.69, 9.17) is 5.73 Å². The highest BCUT2D eigenvalue weighted by Crippen LogP contribution is 2.17. The first-order valence-corrected chi connectivity index (χ1v) is 5.60. The molecule has 2 rings (SSSR count). The van der Waals surface area contributed by atoms with Gasteiger partial charge in [-0.05, 0) is 36.8 Å². The van der Waals surface area contributed by atoms with E-state index in [1.54, 1.807) is 24.3 Å². The highest BCUT2D eigenvalue weighted by molar-refractivity contribution is 6.04. The number of hydrogen-bond acceptors (Lipinski definition) is 2. The normalized spacial score (nSPS) is 10.3. The highest BCUT2D eigenvalue weighted by Gasteiger charge is 2.14. The second-order valence-electron chi connectivity index (χ2n) is 4.16. The van der Waals surface area contributed by atoms with Crippen molar-refractivity contribution >= 4 is 17.3 Å². The number of nitrogen functional groups attached to an aromatic ring is 1. The fourth-order valence-electron chi connectivity index (χ4n) is 1.65. The van der Waals surface area contributed by atoms with E-state index in [-0.39, 0.29) is 11.1 Å². The third kappa shape index (κ3) is 2.88. The summed E-state index contributed by atoms with van der Waals surface area (Å²) < 4.78 is 26.7. The summed E-state index contributed by atoms with van der Waals surface area (Å²) in [5.74, 6) is -2.23. The van der Waals surface area contributed by atoms with Crippen LogP contribution in [0.5, 0.6) is 0 Å². The minimum absolute atomic E-state index is 0.207. The van der Waals surface area contributed by atoms with E-state index in [2.05, 4.69) is 5.32 Å². The molecule has 0 fully saturated rings. The van der Waals surface area contributed by atoms with Gasteiger partial charge in [0.05, 0.1) is 5.56 Å². The predicted molar refractivity (Wildman–Crippen MR) is 69.9 cm³/mol. The monoisotopic (exact) mass is 262 g/mol. The second kappa shape index (κ2) is 5.06. The number of carbonyl (C=O) groups is 1. The van der Waals surface area contributed by atoms with Crippen LogP contribution in [0.1, 0.15) is 15.9 Å². The summed E-state index contributed by atoms with van der Waals surface area (Å²) in [6.45, 7) is 1.46. The highest BCUT2D eigenvalue weighted by atomic mass is 19.1. The van der Waals surface area contributed by atoms with Crippen LogP contribution in [-0.4, -0.2) is 5.91 Å². The summed E-state index contributed by atoms with van der Waals surface area (Å²) in [5.41, 5.74) is 6.50. The molecule has 3 N–H and O–H groups in total. The number of aryl methyl sites for hydroxylation is 1. The minimum atomic E-state index is -0.899. The van der Waals surface area contributed by atoms with E-state index in [0.29, 0.717) is 17.4 Å². The minimum Gasteiger partial charge on any atom is -0.399 e. The third-order valence-electron chi connectivity index (χ3n) is 2.64. The van der Waals surface area contributed by atoms with E-state index in [9.17, 15) is 13.6 Å². The first-order valence-electron chi connectivity index (χ1n) is 5.60. The molecule has 0 radical (unpaired) electrons. The van der Waals surface area contributed by atoms with Crippen LogP contribution in [0.3, 0.4) is 0 Å². The van der Waals surface area contributed by atoms with Crippen molar-refractivity contribution in [2.45, 2.75) is 6.92 Å². The predicted octanol–water partition coefficient (Wildman–Crippen LogP) is 3.11. The van der Waals surface area contributed by atoms with Gasteiger partial charge in [0.25, 0.3) is 5.91 Å². The summed E-state index contributed by atoms with van der Waals surface area (Å²) in [5, 5.41) is 2.51. The molecule has 5 heteroatoms. The number of nitrogens with two attached hydrogens (primary N) is 1. The molecule has 0 heterocycles. The molecule has 0 aliphatic heterocycles. The van der Waals surface area contributed by atoms with Gasteiger partial charge in [-0.1, -0.05) is 6.07 Å². The second-order valence-corrected chi connectivity index (χ2v) is 4.16. The van der Waals surface area contributed by atoms with Gasteiger partial charge in [-0.3, -0.25) is 4.79 Å². The molecule has 0 aliphatic carbocycles. The summed E-state index contributed by atoms with van der Waals surface area (Å²) in [6, 6.07) is 8.38. The fourth-order valence-corrected chi connectivity index (χ4v) is 1.65. The van der Waals surface area contributed by atoms with Crippen LogP contribution in [0.2, 0.25) is 0 Å². The van der Waals surface area contributed by atoms with E-state index < -0.39 is 17.5 Å². The van der Waals surface area contributed by atoms with Crippen LogP contribution < -0.4 is 11.1 Å². The average molecular weight is 262 g/mol. The molecule has 0 saturated carbocycles. The van der Waals surface area contributed by atoms with Gasteiger partial charge >= 0.3 is 0 Å². The van der Waals surface area contributed by atoms with Crippen molar-refractivity contribution in [1.29, 1.82) is 0 Å². The van der Waals surface area contributed by atoms with Crippen LogP contribution >= 0.6 is 0 Å². The van der Waals surface area contributed by atoms with Crippen LogP contribution in [0, 0.1) is 18.6 Å². The largest absolute Gasteiger partial charge is 0.399 e. The molecule has 1 amide bonds. The molecule has 98 valence electrons. The first kappa shape index (κ1) is 13.0. The Morgan fingerprint density at radius 2 is 1.89 bits per heavy atom. The van der Waals surface area contributed by atoms with Crippen LogP contribution in [0.4, 0.5) is 20.2 Å². The smallest absolute Gasteiger partial charge is 0.258 e. The number of halogens is 2. The van der Waals surface area contributed by atoms with Crippen molar-refractivity contribution in [2.24, 2.45) is 0 Å². The molecule has 19 heavy (non-hydrogen) atoms. The molecule has 2 aromatic rings. The van der Waals surface area contributed by atoms with E-state index in [0.717, 1.165) is 0 Å². The van der Waals surface area contributed by atoms with E-state index >= 15 is 0 Å². The molecule has 2 aromatic carbocycles. The van der Waals surface area contributed by atoms with Gasteiger partial charge in [-0.25, -0.2) is 8.78 Å². The van der Waals surface area contributed by atoms with Crippen molar-refractivity contribution in [2.75, 3.05) is 11.1 Å². The molecule has 0 saturated heterocycles. The molecule has 0 spiro atoms. The summed E-state index contributed by atoms with van der Waals surface area (Å²) in [7, 11) is 0. The summed E-state index contributed by atoms with van der Waals surface area (Å²) in [6.07, 6.45) is 0. The molecule has 3 nitrogen and oxygen atoms in total. The Morgan fingerprint density at radius 3 is 2.58 bits per heavy atom. The van der Waals surface area contributed by atoms with E-state index in [1.807, 2.05) is 0 Å². The Hall–Kier alpha value is -2.43. The Balaban J connectivity index is 2.28. The number of carbonyl (C=O) groups excluding carboxylic acids is 1. The number of amides is 1. The SMILES string of the molecule is Cc1cc(C(=O)Nc2cccc(N)c2)c(F)cc1F. The van der Waals surface area contributed by atoms with Gasteiger partial charge in [-0.2, -0.15) is 0 Å². The molecule has 0 unspecified atom stereocenters. The molecule has 0 bridgehead atoms. The maximum absolute atomic E-state index is 13.5. The maximum atomic E-state index is 13.5. The van der Waals surface area contributed by atoms with Crippen molar-refractivity contribution < 1.29 is 13.6 Å². The van der Waals surface area contributed by atoms with Crippen LogP contribution in [0.15, 0.2) is 36.4 Å². The van der Waals surface area contributed by atoms with Gasteiger partial charge < -0.3 is 11.1 Å². The molecule has 0 aliphatic rings. The zero-order valence-electron chi connectivity index (χ0n) is 10.2. The molecular formula is C14H12F2N2O. The first-order chi connectivity index (χ1) is 8.97. The Labute approximate surface area is 109 Å². The lowest BCUT2D eigenvalue weighted by Gasteiger charge is -2.08. The number of rotatable bonds is 2. The zero-order chi connectivity index (χ0) is 14.0. The third-order valence-corrected chi connectivity index (χ3v) is 2.64. The number of benzene rings is 2. The maximum Gasteiger partial charge on any atom is 0.258 e. The summed E-state index contributed by atoms with van der Waals surface area (Å²) >= 11 is 0. The van der Waals surface area contributed by atoms with Gasteiger partial charge in [0.2, 0.25) is 0 Å². The lowest BCUT2D eigenvalue weighted by Crippen LogP contribution is -2.14. The van der Waals surface area contributed by atoms with Crippen LogP contribution in [-0.2, 0) is 0 Å². The quantitative estimate of drug-likeness (QED) is 0.817. The van der Waals surface area contributed by atoms with Gasteiger partial charge in [0, 0.05) is 17.4 Å². The van der Waals surface area contributed by atoms with Crippen molar-refractivity contribution in [3.05, 3.63) is 59.2 Å². The fraction of sp³-hybridized carbons (Fsp3) is 0.0714. The van der Waals surface area contributed by atoms with Crippen molar-refractivity contribution in [1.82, 2.24) is 0 Å². The molecule has 0 atom stereocenters. The topological polar surface area (TPSA) is 55.1 Å². The standard InChI is InChI=1S/C14H12F2N2O/c1-8-5-11(13(16)7-12(8)15)14(19)18-10-4-2-3-9(17)6-10/h2-7H,17H2,1H3,(H,18,19). The Kier molecular flexibility index (Phi) is 3.46. The van der Waals surface area contributed by atoms with Crippen molar-refractivity contribution in [3.8, 4) is 0 Å². The number of anilines is 2. The number of nitrogens with one attached hydrogen (secondary N) is 1. The zero-order valence-corrected chi connectivity index (χ0v) is 10.2. The molecular weight excluding hydrogens is 250 g/mol. The van der Waals surface area contributed by atoms with Gasteiger partial charge in [-0.15, -0.1) is 0 Å². The summed E-state index contributed by atoms with van der Waals surface area (Å²) in [4.78, 5) is 11.9. The van der Waals surface area contributed by atoms with Crippen molar-refractivity contribution in [3.63, 3.8) is 0 Å².